The summed E-state index contributed by atoms with van der Waals surface area (Å²) in [6.45, 7) is 23.1. The fourth-order valence-electron chi connectivity index (χ4n) is 11.8. The van der Waals surface area contributed by atoms with E-state index >= 15 is 0 Å². The Bertz CT molecular complexity index is 3420. The molecule has 29 nitrogen and oxygen atoms in total. The molecule has 7 unspecified atom stereocenters. The second kappa shape index (κ2) is 32.2. The third kappa shape index (κ3) is 22.5. The number of carbonyl (C=O) groups is 7. The standard InChI is InChI=1S/C69H96BrN5O24S/c1-64(2,3)94-59(79)71-36-44-52(99-100(84,85)41-31-29-40(70)30-32-41)53(89-55(77)38-25-19-16-20-26-38)47(75-63(83)98-68(13,14)15)57(87-44)91-49-42(72-60(80)95-65(4,5)6)35-43(73-61(81)96-66(7,8)9)50(48(49)76)92-58-54(90-56(78)39-27-21-17-22-28-39)46(74-62(82)97-67(10,11)12)51-45(88-58)37-86-69(93-51)33-23-18-24-34-69/h16-17,19-22,25-32,42-54,57-58,76H,18,23-24,33-37H2,1-15H3,(H,71,79)(H,72,80)(H,73,81)(H,74,82)(H,75,83)/t42?,43-,44?,45?,46+,47+,48+,49?,50?,51?,52-,53?,54+,57-,58+/m1/s1. The summed E-state index contributed by atoms with van der Waals surface area (Å²) in [5, 5.41) is 27.2. The van der Waals surface area contributed by atoms with E-state index in [1.807, 2.05) is 0 Å². The van der Waals surface area contributed by atoms with Gasteiger partial charge in [0.05, 0.1) is 34.7 Å². The van der Waals surface area contributed by atoms with Gasteiger partial charge in [0.25, 0.3) is 10.1 Å². The lowest BCUT2D eigenvalue weighted by Crippen LogP contribution is -2.73. The summed E-state index contributed by atoms with van der Waals surface area (Å²) in [5.74, 6) is -3.15. The molecule has 8 rings (SSSR count). The second-order valence-corrected chi connectivity index (χ2v) is 32.5. The Labute approximate surface area is 591 Å². The molecule has 5 fully saturated rings. The number of esters is 2. The fraction of sp³-hybridized carbons (Fsp3) is 0.638. The predicted molar refractivity (Wildman–Crippen MR) is 359 cm³/mol. The van der Waals surface area contributed by atoms with Crippen LogP contribution in [0, 0.1) is 0 Å². The molecule has 6 N–H and O–H groups in total. The maximum Gasteiger partial charge on any atom is 0.408 e. The minimum absolute atomic E-state index is 0.0654. The maximum absolute atomic E-state index is 14.7. The Hall–Kier alpha value is -6.94. The number of alkyl carbamates (subject to hydrolysis) is 5. The summed E-state index contributed by atoms with van der Waals surface area (Å²) in [6, 6.07) is 14.3. The number of hydrogen-bond donors (Lipinski definition) is 6. The highest BCUT2D eigenvalue weighted by Crippen LogP contribution is 2.43. The molecule has 31 heteroatoms. The molecule has 2 saturated carbocycles. The van der Waals surface area contributed by atoms with Gasteiger partial charge in [-0.2, -0.15) is 8.42 Å². The van der Waals surface area contributed by atoms with Gasteiger partial charge in [-0.25, -0.2) is 33.6 Å². The van der Waals surface area contributed by atoms with Gasteiger partial charge >= 0.3 is 42.4 Å². The van der Waals surface area contributed by atoms with E-state index in [0.29, 0.717) is 17.3 Å². The molecule has 3 saturated heterocycles. The van der Waals surface area contributed by atoms with Gasteiger partial charge < -0.3 is 93.3 Å². The molecule has 5 aliphatic rings. The lowest BCUT2D eigenvalue weighted by atomic mass is 9.83. The molecule has 3 aromatic carbocycles. The molecule has 1 spiro atoms. The second-order valence-electron chi connectivity index (χ2n) is 30.1. The van der Waals surface area contributed by atoms with Crippen molar-refractivity contribution in [2.75, 3.05) is 13.2 Å². The average Bonchev–Trinajstić information content (AvgIpc) is 0.756. The molecule has 0 radical (unpaired) electrons. The lowest BCUT2D eigenvalue weighted by molar-refractivity contribution is -0.388. The molecule has 3 heterocycles. The Morgan fingerprint density at radius 2 is 0.970 bits per heavy atom. The van der Waals surface area contributed by atoms with Gasteiger partial charge in [0.15, 0.2) is 30.6 Å². The first-order chi connectivity index (χ1) is 46.5. The summed E-state index contributed by atoms with van der Waals surface area (Å²) in [7, 11) is -4.97. The first-order valence-corrected chi connectivity index (χ1v) is 35.5. The number of aliphatic hydroxyl groups excluding tert-OH is 1. The third-order valence-electron chi connectivity index (χ3n) is 15.8. The first kappa shape index (κ1) is 78.8. The Morgan fingerprint density at radius 3 is 1.45 bits per heavy atom. The van der Waals surface area contributed by atoms with E-state index in [1.165, 1.54) is 60.7 Å². The summed E-state index contributed by atoms with van der Waals surface area (Å²) < 4.78 is 118. The van der Waals surface area contributed by atoms with Gasteiger partial charge in [-0.3, -0.25) is 4.18 Å². The number of hydrogen-bond acceptors (Lipinski definition) is 24. The van der Waals surface area contributed by atoms with Crippen LogP contribution < -0.4 is 26.6 Å². The van der Waals surface area contributed by atoms with Gasteiger partial charge in [0.2, 0.25) is 0 Å². The molecular weight excluding hydrogens is 1390 g/mol. The quantitative estimate of drug-likeness (QED) is 0.0416. The van der Waals surface area contributed by atoms with Gasteiger partial charge in [0.1, 0.15) is 82.8 Å². The fourth-order valence-corrected chi connectivity index (χ4v) is 13.2. The maximum atomic E-state index is 14.7. The van der Waals surface area contributed by atoms with E-state index in [0.717, 1.165) is 19.3 Å². The highest BCUT2D eigenvalue weighted by Gasteiger charge is 2.60. The molecule has 3 aromatic rings. The van der Waals surface area contributed by atoms with Gasteiger partial charge in [0, 0.05) is 23.9 Å². The summed E-state index contributed by atoms with van der Waals surface area (Å²) >= 11 is 3.32. The Balaban J connectivity index is 1.31. The molecule has 0 aromatic heterocycles. The van der Waals surface area contributed by atoms with Crippen LogP contribution in [0.5, 0.6) is 0 Å². The molecule has 100 heavy (non-hydrogen) atoms. The summed E-state index contributed by atoms with van der Waals surface area (Å²) in [4.78, 5) is 99.9. The lowest BCUT2D eigenvalue weighted by Gasteiger charge is -2.54. The van der Waals surface area contributed by atoms with E-state index < -0.39 is 196 Å². The van der Waals surface area contributed by atoms with Crippen LogP contribution >= 0.6 is 15.9 Å². The number of benzene rings is 3. The van der Waals surface area contributed by atoms with Gasteiger partial charge in [-0.1, -0.05) is 58.7 Å². The van der Waals surface area contributed by atoms with Crippen molar-refractivity contribution in [3.05, 3.63) is 101 Å². The van der Waals surface area contributed by atoms with Crippen molar-refractivity contribution in [2.45, 2.75) is 273 Å². The molecule has 2 aliphatic carbocycles. The monoisotopic (exact) mass is 1490 g/mol. The molecule has 5 amide bonds. The van der Waals surface area contributed by atoms with Gasteiger partial charge in [-0.05, 0) is 172 Å². The van der Waals surface area contributed by atoms with Crippen LogP contribution in [0.15, 0.2) is 94.3 Å². The normalized spacial score (nSPS) is 27.9. The number of carbonyl (C=O) groups excluding carboxylic acids is 7. The number of halogens is 1. The molecular formula is C69H96BrN5O24S. The largest absolute Gasteiger partial charge is 0.453 e. The van der Waals surface area contributed by atoms with Crippen molar-refractivity contribution in [2.24, 2.45) is 0 Å². The van der Waals surface area contributed by atoms with Crippen molar-refractivity contribution in [1.82, 2.24) is 26.6 Å². The zero-order chi connectivity index (χ0) is 73.5. The number of fused-ring (bicyclic) bond motifs is 1. The van der Waals surface area contributed by atoms with Gasteiger partial charge in [-0.15, -0.1) is 0 Å². The van der Waals surface area contributed by atoms with Crippen molar-refractivity contribution < 1.29 is 113 Å². The van der Waals surface area contributed by atoms with Crippen LogP contribution in [0.4, 0.5) is 24.0 Å². The van der Waals surface area contributed by atoms with Crippen LogP contribution in [-0.4, -0.2) is 195 Å². The van der Waals surface area contributed by atoms with E-state index in [2.05, 4.69) is 42.5 Å². The third-order valence-corrected chi connectivity index (χ3v) is 17.6. The minimum atomic E-state index is -4.97. The van der Waals surface area contributed by atoms with Crippen molar-refractivity contribution in [3.8, 4) is 0 Å². The van der Waals surface area contributed by atoms with E-state index in [4.69, 9.17) is 65.8 Å². The van der Waals surface area contributed by atoms with Crippen LogP contribution in [0.1, 0.15) is 163 Å². The number of nitrogens with one attached hydrogen (secondary N) is 5. The highest BCUT2D eigenvalue weighted by molar-refractivity contribution is 9.10. The topological polar surface area (TPSA) is 363 Å². The average molecular weight is 1490 g/mol. The minimum Gasteiger partial charge on any atom is -0.453 e. The Morgan fingerprint density at radius 1 is 0.530 bits per heavy atom. The molecule has 554 valence electrons. The van der Waals surface area contributed by atoms with E-state index in [1.54, 1.807) is 128 Å². The highest BCUT2D eigenvalue weighted by atomic mass is 79.9. The SMILES string of the molecule is CC(C)(C)OC(=O)NCC1O[C@H](OC2C(NC(=O)OC(C)(C)C)C[C@@H](NC(=O)OC(C)(C)C)C(O[C@@H]3OC4COC5(CCCCC5)OC4[C@H](NC(=O)OC(C)(C)C)[C@@H]3OC(=O)c3ccccc3)[C@H]2O)[C@@H](NC(=O)OC(C)(C)C)C(OC(=O)c2ccccc2)[C@@H]1OS(=O)(=O)c1ccc(Br)cc1. The van der Waals surface area contributed by atoms with Crippen molar-refractivity contribution in [3.63, 3.8) is 0 Å². The zero-order valence-electron chi connectivity index (χ0n) is 59.0. The van der Waals surface area contributed by atoms with Crippen LogP contribution in [0.3, 0.4) is 0 Å². The van der Waals surface area contributed by atoms with Crippen LogP contribution in [-0.2, 0) is 75.9 Å². The summed E-state index contributed by atoms with van der Waals surface area (Å²) in [5.41, 5.74) is -5.67. The van der Waals surface area contributed by atoms with E-state index in [9.17, 15) is 47.1 Å². The van der Waals surface area contributed by atoms with E-state index in [-0.39, 0.29) is 17.7 Å². The smallest absolute Gasteiger partial charge is 0.408 e. The molecule has 3 aliphatic heterocycles. The van der Waals surface area contributed by atoms with Crippen LogP contribution in [0.25, 0.3) is 0 Å². The summed E-state index contributed by atoms with van der Waals surface area (Å²) in [6.07, 6.45) is -22.4. The number of ether oxygens (including phenoxy) is 13. The molecule has 15 atom stereocenters. The number of aliphatic hydroxyl groups is 1. The Kier molecular flexibility index (Phi) is 25.3. The predicted octanol–water partition coefficient (Wildman–Crippen LogP) is 9.13. The first-order valence-electron chi connectivity index (χ1n) is 33.3. The molecule has 0 bridgehead atoms. The van der Waals surface area contributed by atoms with Crippen LogP contribution in [0.2, 0.25) is 0 Å². The number of rotatable bonds is 17. The number of amides is 5. The zero-order valence-corrected chi connectivity index (χ0v) is 61.4. The van der Waals surface area contributed by atoms with Crippen molar-refractivity contribution >= 4 is 68.5 Å². The van der Waals surface area contributed by atoms with Crippen molar-refractivity contribution in [1.29, 1.82) is 0 Å².